The molecule has 0 rings (SSSR count). The summed E-state index contributed by atoms with van der Waals surface area (Å²) in [6.45, 7) is 4.65. The van der Waals surface area contributed by atoms with Crippen LogP contribution in [0, 0.1) is 0 Å². The topological polar surface area (TPSA) is 44.7 Å². The van der Waals surface area contributed by atoms with Gasteiger partial charge in [0.2, 0.25) is 0 Å². The number of nitrogens with one attached hydrogen (secondary N) is 1. The van der Waals surface area contributed by atoms with Crippen molar-refractivity contribution in [3.8, 4) is 0 Å². The number of hydroxylamine groups is 2. The van der Waals surface area contributed by atoms with Gasteiger partial charge >= 0.3 is 0 Å². The van der Waals surface area contributed by atoms with Gasteiger partial charge in [-0.3, -0.25) is 10.2 Å². The monoisotopic (exact) mass is 176 g/mol. The van der Waals surface area contributed by atoms with Crippen LogP contribution in [0.3, 0.4) is 0 Å². The van der Waals surface area contributed by atoms with E-state index in [0.717, 1.165) is 25.9 Å². The standard InChI is InChI=1S/C8H20N2O2/c1-3-10(2)12-8-9-6-4-5-7-11/h9,11H,3-8H2,1-2H3. The van der Waals surface area contributed by atoms with Crippen molar-refractivity contribution in [1.82, 2.24) is 10.4 Å². The van der Waals surface area contributed by atoms with Crippen molar-refractivity contribution in [3.63, 3.8) is 0 Å². The predicted molar refractivity (Wildman–Crippen MR) is 48.6 cm³/mol. The maximum atomic E-state index is 8.48. The lowest BCUT2D eigenvalue weighted by Crippen LogP contribution is -2.27. The molecule has 4 nitrogen and oxygen atoms in total. The Balaban J connectivity index is 2.90. The van der Waals surface area contributed by atoms with Crippen LogP contribution >= 0.6 is 0 Å². The van der Waals surface area contributed by atoms with Gasteiger partial charge in [-0.25, -0.2) is 0 Å². The average Bonchev–Trinajstić information content (AvgIpc) is 2.10. The van der Waals surface area contributed by atoms with Crippen LogP contribution in [0.1, 0.15) is 19.8 Å². The fourth-order valence-electron chi connectivity index (χ4n) is 0.681. The van der Waals surface area contributed by atoms with E-state index in [9.17, 15) is 0 Å². The maximum absolute atomic E-state index is 8.48. The Morgan fingerprint density at radius 3 is 2.75 bits per heavy atom. The van der Waals surface area contributed by atoms with Crippen molar-refractivity contribution in [3.05, 3.63) is 0 Å². The molecule has 0 aliphatic carbocycles. The van der Waals surface area contributed by atoms with E-state index in [2.05, 4.69) is 5.32 Å². The third-order valence-corrected chi connectivity index (χ3v) is 1.59. The molecule has 0 aromatic heterocycles. The summed E-state index contributed by atoms with van der Waals surface area (Å²) >= 11 is 0. The lowest BCUT2D eigenvalue weighted by molar-refractivity contribution is -0.142. The van der Waals surface area contributed by atoms with E-state index in [4.69, 9.17) is 9.94 Å². The molecule has 0 aliphatic heterocycles. The first-order valence-corrected chi connectivity index (χ1v) is 4.47. The Hall–Kier alpha value is -0.160. The molecule has 0 spiro atoms. The van der Waals surface area contributed by atoms with Gasteiger partial charge in [0.15, 0.2) is 0 Å². The molecule has 0 atom stereocenters. The zero-order valence-electron chi connectivity index (χ0n) is 8.05. The Labute approximate surface area is 74.5 Å². The highest BCUT2D eigenvalue weighted by atomic mass is 16.7. The number of aliphatic hydroxyl groups excluding tert-OH is 1. The van der Waals surface area contributed by atoms with Crippen LogP contribution in [0.4, 0.5) is 0 Å². The number of hydrogen-bond donors (Lipinski definition) is 2. The summed E-state index contributed by atoms with van der Waals surface area (Å²) in [5.41, 5.74) is 0. The lowest BCUT2D eigenvalue weighted by Gasteiger charge is -2.14. The van der Waals surface area contributed by atoms with Gasteiger partial charge in [0.1, 0.15) is 6.73 Å². The van der Waals surface area contributed by atoms with Gasteiger partial charge in [-0.15, -0.1) is 0 Å². The van der Waals surface area contributed by atoms with Crippen molar-refractivity contribution >= 4 is 0 Å². The van der Waals surface area contributed by atoms with E-state index in [1.54, 1.807) is 5.06 Å². The average molecular weight is 176 g/mol. The molecular weight excluding hydrogens is 156 g/mol. The van der Waals surface area contributed by atoms with Gasteiger partial charge in [-0.1, -0.05) is 6.92 Å². The molecule has 0 fully saturated rings. The van der Waals surface area contributed by atoms with Crippen LogP contribution in [0.25, 0.3) is 0 Å². The molecule has 2 N–H and O–H groups in total. The molecule has 4 heteroatoms. The molecule has 0 aromatic rings. The molecule has 0 saturated carbocycles. The molecule has 0 aliphatic rings. The van der Waals surface area contributed by atoms with E-state index in [-0.39, 0.29) is 6.61 Å². The second-order valence-electron chi connectivity index (χ2n) is 2.65. The Bertz CT molecular complexity index is 91.1. The smallest absolute Gasteiger partial charge is 0.119 e. The zero-order valence-corrected chi connectivity index (χ0v) is 8.05. The van der Waals surface area contributed by atoms with Crippen molar-refractivity contribution in [2.24, 2.45) is 0 Å². The lowest BCUT2D eigenvalue weighted by atomic mass is 10.3. The van der Waals surface area contributed by atoms with Gasteiger partial charge in [0.05, 0.1) is 0 Å². The van der Waals surface area contributed by atoms with Crippen molar-refractivity contribution in [2.45, 2.75) is 19.8 Å². The molecule has 0 bridgehead atoms. The van der Waals surface area contributed by atoms with Crippen LogP contribution in [0.15, 0.2) is 0 Å². The normalized spacial score (nSPS) is 11.0. The fourth-order valence-corrected chi connectivity index (χ4v) is 0.681. The summed E-state index contributed by atoms with van der Waals surface area (Å²) in [5, 5.41) is 13.4. The minimum absolute atomic E-state index is 0.275. The van der Waals surface area contributed by atoms with Crippen molar-refractivity contribution in [2.75, 3.05) is 33.5 Å². The Kier molecular flexibility index (Phi) is 8.81. The summed E-state index contributed by atoms with van der Waals surface area (Å²) in [4.78, 5) is 5.23. The van der Waals surface area contributed by atoms with E-state index in [0.29, 0.717) is 6.73 Å². The zero-order chi connectivity index (χ0) is 9.23. The number of nitrogens with zero attached hydrogens (tertiary/aromatic N) is 1. The van der Waals surface area contributed by atoms with Crippen LogP contribution in [0.5, 0.6) is 0 Å². The second kappa shape index (κ2) is 8.93. The summed E-state index contributed by atoms with van der Waals surface area (Å²) in [6.07, 6.45) is 1.85. The third-order valence-electron chi connectivity index (χ3n) is 1.59. The molecule has 12 heavy (non-hydrogen) atoms. The number of unbranched alkanes of at least 4 members (excludes halogenated alkanes) is 1. The summed E-state index contributed by atoms with van der Waals surface area (Å²) in [7, 11) is 1.90. The maximum Gasteiger partial charge on any atom is 0.119 e. The first-order chi connectivity index (χ1) is 5.81. The predicted octanol–water partition coefficient (Wildman–Crippen LogP) is 0.189. The first kappa shape index (κ1) is 11.8. The molecule has 74 valence electrons. The Morgan fingerprint density at radius 2 is 2.17 bits per heavy atom. The van der Waals surface area contributed by atoms with Crippen LogP contribution in [-0.4, -0.2) is 43.6 Å². The van der Waals surface area contributed by atoms with Gasteiger partial charge in [0.25, 0.3) is 0 Å². The van der Waals surface area contributed by atoms with Crippen LogP contribution in [0.2, 0.25) is 0 Å². The third kappa shape index (κ3) is 7.94. The van der Waals surface area contributed by atoms with Gasteiger partial charge in [-0.05, 0) is 19.4 Å². The highest BCUT2D eigenvalue weighted by Gasteiger charge is 1.92. The quantitative estimate of drug-likeness (QED) is 0.315. The van der Waals surface area contributed by atoms with E-state index < -0.39 is 0 Å². The van der Waals surface area contributed by atoms with Gasteiger partial charge in [0, 0.05) is 20.2 Å². The van der Waals surface area contributed by atoms with E-state index >= 15 is 0 Å². The second-order valence-corrected chi connectivity index (χ2v) is 2.65. The molecule has 0 saturated heterocycles. The summed E-state index contributed by atoms with van der Waals surface area (Å²) < 4.78 is 0. The minimum Gasteiger partial charge on any atom is -0.396 e. The highest BCUT2D eigenvalue weighted by Crippen LogP contribution is 1.84. The highest BCUT2D eigenvalue weighted by molar-refractivity contribution is 4.41. The van der Waals surface area contributed by atoms with Crippen LogP contribution < -0.4 is 5.32 Å². The summed E-state index contributed by atoms with van der Waals surface area (Å²) in [5.74, 6) is 0. The molecule has 0 radical (unpaired) electrons. The fraction of sp³-hybridized carbons (Fsp3) is 1.00. The molecule has 0 amide bonds. The molecule has 0 aromatic carbocycles. The molecule has 0 unspecified atom stereocenters. The van der Waals surface area contributed by atoms with Crippen LogP contribution in [-0.2, 0) is 4.84 Å². The largest absolute Gasteiger partial charge is 0.396 e. The number of hydrogen-bond acceptors (Lipinski definition) is 4. The summed E-state index contributed by atoms with van der Waals surface area (Å²) in [6, 6.07) is 0. The van der Waals surface area contributed by atoms with Crippen molar-refractivity contribution < 1.29 is 9.94 Å². The minimum atomic E-state index is 0.275. The SMILES string of the molecule is CCN(C)OCNCCCCO. The van der Waals surface area contributed by atoms with E-state index in [1.165, 1.54) is 0 Å². The van der Waals surface area contributed by atoms with Crippen molar-refractivity contribution in [1.29, 1.82) is 0 Å². The number of rotatable bonds is 8. The number of aliphatic hydroxyl groups is 1. The Morgan fingerprint density at radius 1 is 1.42 bits per heavy atom. The first-order valence-electron chi connectivity index (χ1n) is 4.47. The molecular formula is C8H20N2O2. The van der Waals surface area contributed by atoms with Gasteiger partial charge < -0.3 is 5.11 Å². The molecule has 0 heterocycles. The van der Waals surface area contributed by atoms with Gasteiger partial charge in [-0.2, -0.15) is 5.06 Å². The van der Waals surface area contributed by atoms with E-state index in [1.807, 2.05) is 14.0 Å².